The van der Waals surface area contributed by atoms with Crippen molar-refractivity contribution in [1.29, 1.82) is 0 Å². The minimum atomic E-state index is -2.41. The molecular formula is C15H16BrNO5. The van der Waals surface area contributed by atoms with Crippen LogP contribution in [0.2, 0.25) is 0 Å². The molecule has 1 heterocycles. The van der Waals surface area contributed by atoms with Gasteiger partial charge in [-0.15, -0.1) is 0 Å². The Morgan fingerprint density at radius 3 is 2.27 bits per heavy atom. The summed E-state index contributed by atoms with van der Waals surface area (Å²) in [6.07, 6.45) is 0.543. The summed E-state index contributed by atoms with van der Waals surface area (Å²) < 4.78 is 0.789. The number of oxime groups is 1. The zero-order chi connectivity index (χ0) is 16.5. The molecule has 1 aliphatic rings. The van der Waals surface area contributed by atoms with Gasteiger partial charge in [-0.05, 0) is 25.0 Å². The molecule has 0 atom stereocenters. The molecule has 0 fully saturated rings. The predicted octanol–water partition coefficient (Wildman–Crippen LogP) is 2.90. The Morgan fingerprint density at radius 1 is 1.23 bits per heavy atom. The van der Waals surface area contributed by atoms with Crippen LogP contribution in [0.15, 0.2) is 33.9 Å². The Kier molecular flexibility index (Phi) is 4.28. The Balaban J connectivity index is 2.68. The lowest BCUT2D eigenvalue weighted by atomic mass is 9.64. The third-order valence-corrected chi connectivity index (χ3v) is 4.80. The van der Waals surface area contributed by atoms with Gasteiger partial charge in [0.05, 0.1) is 11.1 Å². The molecule has 0 bridgehead atoms. The van der Waals surface area contributed by atoms with Crippen molar-refractivity contribution in [3.05, 3.63) is 34.3 Å². The van der Waals surface area contributed by atoms with Crippen LogP contribution in [-0.2, 0) is 14.4 Å². The van der Waals surface area contributed by atoms with E-state index in [0.29, 0.717) is 11.3 Å². The van der Waals surface area contributed by atoms with Crippen molar-refractivity contribution in [2.75, 3.05) is 0 Å². The fourth-order valence-corrected chi connectivity index (χ4v) is 3.48. The van der Waals surface area contributed by atoms with E-state index < -0.39 is 23.0 Å². The monoisotopic (exact) mass is 369 g/mol. The van der Waals surface area contributed by atoms with Gasteiger partial charge in [-0.2, -0.15) is 0 Å². The SMILES string of the molecule is CCC1(CC)C(c2cccc(Br)c2)=NOC1(C(=O)O)C(=O)O. The molecule has 0 saturated heterocycles. The summed E-state index contributed by atoms with van der Waals surface area (Å²) in [7, 11) is 0. The summed E-state index contributed by atoms with van der Waals surface area (Å²) >= 11 is 3.35. The van der Waals surface area contributed by atoms with E-state index in [-0.39, 0.29) is 12.8 Å². The van der Waals surface area contributed by atoms with E-state index in [4.69, 9.17) is 4.84 Å². The molecule has 0 saturated carbocycles. The Labute approximate surface area is 135 Å². The average Bonchev–Trinajstić information content (AvgIpc) is 2.83. The van der Waals surface area contributed by atoms with Gasteiger partial charge in [0.15, 0.2) is 0 Å². The molecule has 0 aromatic heterocycles. The number of benzene rings is 1. The third kappa shape index (κ3) is 2.03. The van der Waals surface area contributed by atoms with Gasteiger partial charge >= 0.3 is 17.5 Å². The topological polar surface area (TPSA) is 96.2 Å². The van der Waals surface area contributed by atoms with E-state index in [0.717, 1.165) is 4.47 Å². The molecule has 1 aliphatic heterocycles. The summed E-state index contributed by atoms with van der Waals surface area (Å²) in [5.41, 5.74) is -2.66. The first-order valence-electron chi connectivity index (χ1n) is 6.85. The molecule has 6 nitrogen and oxygen atoms in total. The standard InChI is InChI=1S/C15H16BrNO5/c1-3-14(4-2)11(9-6-5-7-10(16)8-9)17-22-15(14,12(18)19)13(20)21/h5-8H,3-4H2,1-2H3,(H,18,19)(H,20,21). The average molecular weight is 370 g/mol. The number of nitrogens with zero attached hydrogens (tertiary/aromatic N) is 1. The molecular weight excluding hydrogens is 354 g/mol. The number of carboxylic acid groups (broad SMARTS) is 2. The lowest BCUT2D eigenvalue weighted by Crippen LogP contribution is -2.60. The third-order valence-electron chi connectivity index (χ3n) is 4.31. The highest BCUT2D eigenvalue weighted by Gasteiger charge is 2.70. The second kappa shape index (κ2) is 5.72. The first-order valence-corrected chi connectivity index (χ1v) is 7.64. The van der Waals surface area contributed by atoms with Crippen LogP contribution in [0, 0.1) is 5.41 Å². The maximum absolute atomic E-state index is 11.8. The number of aliphatic carboxylic acids is 2. The second-order valence-corrected chi connectivity index (χ2v) is 6.04. The molecule has 0 radical (unpaired) electrons. The highest BCUT2D eigenvalue weighted by atomic mass is 79.9. The number of carbonyl (C=O) groups is 2. The van der Waals surface area contributed by atoms with Crippen molar-refractivity contribution in [3.8, 4) is 0 Å². The van der Waals surface area contributed by atoms with Crippen molar-refractivity contribution < 1.29 is 24.6 Å². The quantitative estimate of drug-likeness (QED) is 0.777. The minimum absolute atomic E-state index is 0.271. The van der Waals surface area contributed by atoms with Crippen LogP contribution in [0.25, 0.3) is 0 Å². The largest absolute Gasteiger partial charge is 0.478 e. The zero-order valence-electron chi connectivity index (χ0n) is 12.2. The van der Waals surface area contributed by atoms with E-state index >= 15 is 0 Å². The first-order chi connectivity index (χ1) is 10.4. The van der Waals surface area contributed by atoms with Crippen LogP contribution in [0.1, 0.15) is 32.3 Å². The van der Waals surface area contributed by atoms with Crippen LogP contribution in [0.4, 0.5) is 0 Å². The van der Waals surface area contributed by atoms with Gasteiger partial charge in [0.25, 0.3) is 0 Å². The Morgan fingerprint density at radius 2 is 1.82 bits per heavy atom. The number of hydrogen-bond donors (Lipinski definition) is 2. The van der Waals surface area contributed by atoms with Gasteiger partial charge in [0.2, 0.25) is 0 Å². The highest BCUT2D eigenvalue weighted by molar-refractivity contribution is 9.10. The van der Waals surface area contributed by atoms with Gasteiger partial charge in [-0.25, -0.2) is 9.59 Å². The van der Waals surface area contributed by atoms with Crippen molar-refractivity contribution in [2.45, 2.75) is 32.3 Å². The molecule has 1 aromatic carbocycles. The van der Waals surface area contributed by atoms with Crippen LogP contribution in [-0.4, -0.2) is 33.5 Å². The lowest BCUT2D eigenvalue weighted by Gasteiger charge is -2.36. The summed E-state index contributed by atoms with van der Waals surface area (Å²) in [5, 5.41) is 23.0. The Hall–Kier alpha value is -1.89. The maximum Gasteiger partial charge on any atom is 0.364 e. The molecule has 2 N–H and O–H groups in total. The van der Waals surface area contributed by atoms with Gasteiger partial charge in [-0.3, -0.25) is 0 Å². The smallest absolute Gasteiger partial charge is 0.364 e. The van der Waals surface area contributed by atoms with Crippen molar-refractivity contribution >= 4 is 33.6 Å². The summed E-state index contributed by atoms with van der Waals surface area (Å²) in [4.78, 5) is 28.5. The molecule has 22 heavy (non-hydrogen) atoms. The molecule has 118 valence electrons. The van der Waals surface area contributed by atoms with Gasteiger partial charge in [0.1, 0.15) is 0 Å². The van der Waals surface area contributed by atoms with Gasteiger partial charge in [0, 0.05) is 10.0 Å². The first kappa shape index (κ1) is 16.5. The lowest BCUT2D eigenvalue weighted by molar-refractivity contribution is -0.192. The van der Waals surface area contributed by atoms with E-state index in [9.17, 15) is 19.8 Å². The van der Waals surface area contributed by atoms with E-state index in [2.05, 4.69) is 21.1 Å². The van der Waals surface area contributed by atoms with E-state index in [1.54, 1.807) is 32.0 Å². The number of carboxylic acids is 2. The van der Waals surface area contributed by atoms with Crippen LogP contribution < -0.4 is 0 Å². The van der Waals surface area contributed by atoms with Crippen LogP contribution >= 0.6 is 15.9 Å². The molecule has 0 unspecified atom stereocenters. The zero-order valence-corrected chi connectivity index (χ0v) is 13.8. The fourth-order valence-electron chi connectivity index (χ4n) is 3.08. The molecule has 1 aromatic rings. The van der Waals surface area contributed by atoms with Crippen LogP contribution in [0.3, 0.4) is 0 Å². The highest BCUT2D eigenvalue weighted by Crippen LogP contribution is 2.49. The fraction of sp³-hybridized carbons (Fsp3) is 0.400. The molecule has 7 heteroatoms. The maximum atomic E-state index is 11.8. The van der Waals surface area contributed by atoms with Gasteiger partial charge < -0.3 is 15.1 Å². The van der Waals surface area contributed by atoms with E-state index in [1.807, 2.05) is 6.07 Å². The number of hydrogen-bond acceptors (Lipinski definition) is 4. The number of rotatable bonds is 5. The second-order valence-electron chi connectivity index (χ2n) is 5.12. The van der Waals surface area contributed by atoms with Crippen molar-refractivity contribution in [3.63, 3.8) is 0 Å². The normalized spacial score (nSPS) is 18.4. The van der Waals surface area contributed by atoms with Crippen molar-refractivity contribution in [2.24, 2.45) is 10.6 Å². The molecule has 0 aliphatic carbocycles. The van der Waals surface area contributed by atoms with Crippen LogP contribution in [0.5, 0.6) is 0 Å². The Bertz CT molecular complexity index is 637. The van der Waals surface area contributed by atoms with Crippen molar-refractivity contribution in [1.82, 2.24) is 0 Å². The van der Waals surface area contributed by atoms with Gasteiger partial charge in [-0.1, -0.05) is 47.1 Å². The minimum Gasteiger partial charge on any atom is -0.478 e. The molecule has 0 spiro atoms. The number of halogens is 1. The molecule has 2 rings (SSSR count). The van der Waals surface area contributed by atoms with E-state index in [1.165, 1.54) is 0 Å². The predicted molar refractivity (Wildman–Crippen MR) is 82.8 cm³/mol. The summed E-state index contributed by atoms with van der Waals surface area (Å²) in [6.45, 7) is 3.48. The summed E-state index contributed by atoms with van der Waals surface area (Å²) in [5.74, 6) is -3.09. The summed E-state index contributed by atoms with van der Waals surface area (Å²) in [6, 6.07) is 7.12. The molecule has 0 amide bonds.